The van der Waals surface area contributed by atoms with Crippen LogP contribution in [0.25, 0.3) is 5.57 Å². The van der Waals surface area contributed by atoms with Crippen LogP contribution in [0, 0.1) is 0 Å². The highest BCUT2D eigenvalue weighted by Crippen LogP contribution is 2.34. The molecule has 2 amide bonds. The minimum absolute atomic E-state index is 0.0481. The van der Waals surface area contributed by atoms with Crippen molar-refractivity contribution in [1.82, 2.24) is 4.90 Å². The van der Waals surface area contributed by atoms with Crippen molar-refractivity contribution in [2.75, 3.05) is 18.5 Å². The third-order valence-electron chi connectivity index (χ3n) is 4.36. The van der Waals surface area contributed by atoms with Crippen molar-refractivity contribution in [2.24, 2.45) is 0 Å². The largest absolute Gasteiger partial charge is 0.444 e. The Morgan fingerprint density at radius 3 is 2.69 bits per heavy atom. The van der Waals surface area contributed by atoms with Crippen LogP contribution in [0.4, 0.5) is 10.5 Å². The molecule has 2 aliphatic heterocycles. The zero-order valence-corrected chi connectivity index (χ0v) is 15.7. The lowest BCUT2D eigenvalue weighted by Crippen LogP contribution is -2.57. The number of carbonyl (C=O) groups excluding carboxylic acids is 2. The normalized spacial score (nSPS) is 22.5. The summed E-state index contributed by atoms with van der Waals surface area (Å²) in [5, 5.41) is 2.81. The van der Waals surface area contributed by atoms with Crippen LogP contribution in [0.2, 0.25) is 0 Å². The van der Waals surface area contributed by atoms with Gasteiger partial charge in [-0.3, -0.25) is 9.69 Å². The number of nitrogens with zero attached hydrogens (tertiary/aromatic N) is 1. The number of morpholine rings is 1. The summed E-state index contributed by atoms with van der Waals surface area (Å²) in [7, 11) is 0. The summed E-state index contributed by atoms with van der Waals surface area (Å²) in [5.74, 6) is -0.0962. The Labute approximate surface area is 154 Å². The zero-order chi connectivity index (χ0) is 18.9. The summed E-state index contributed by atoms with van der Waals surface area (Å²) in [5.41, 5.74) is 2.46. The van der Waals surface area contributed by atoms with E-state index in [2.05, 4.69) is 11.4 Å². The summed E-state index contributed by atoms with van der Waals surface area (Å²) in [6.45, 7) is 8.07. The van der Waals surface area contributed by atoms with Crippen LogP contribution < -0.4 is 5.32 Å². The number of benzene rings is 1. The van der Waals surface area contributed by atoms with Gasteiger partial charge in [-0.05, 0) is 50.5 Å². The SMILES string of the molecule is CC(=O)Nc1cccc(C2=CC3COCC(C2)N3C(=O)OC(C)(C)C)c1. The van der Waals surface area contributed by atoms with Crippen molar-refractivity contribution in [2.45, 2.75) is 51.8 Å². The van der Waals surface area contributed by atoms with Gasteiger partial charge in [-0.15, -0.1) is 0 Å². The van der Waals surface area contributed by atoms with Gasteiger partial charge in [0.25, 0.3) is 0 Å². The molecule has 1 N–H and O–H groups in total. The molecule has 2 atom stereocenters. The summed E-state index contributed by atoms with van der Waals surface area (Å²) < 4.78 is 11.2. The van der Waals surface area contributed by atoms with E-state index in [0.29, 0.717) is 19.6 Å². The number of fused-ring (bicyclic) bond motifs is 2. The van der Waals surface area contributed by atoms with Gasteiger partial charge >= 0.3 is 6.09 Å². The third-order valence-corrected chi connectivity index (χ3v) is 4.36. The molecule has 26 heavy (non-hydrogen) atoms. The number of hydrogen-bond donors (Lipinski definition) is 1. The molecule has 0 radical (unpaired) electrons. The summed E-state index contributed by atoms with van der Waals surface area (Å²) in [4.78, 5) is 25.7. The topological polar surface area (TPSA) is 67.9 Å². The highest BCUT2D eigenvalue weighted by molar-refractivity contribution is 5.89. The maximum Gasteiger partial charge on any atom is 0.411 e. The van der Waals surface area contributed by atoms with E-state index in [-0.39, 0.29) is 24.1 Å². The monoisotopic (exact) mass is 358 g/mol. The van der Waals surface area contributed by atoms with Crippen molar-refractivity contribution < 1.29 is 19.1 Å². The standard InChI is InChI=1S/C20H26N2O4/c1-13(23)21-16-7-5-6-14(8-16)15-9-17-11-25-12-18(10-15)22(17)19(24)26-20(2,3)4/h5-9,17-18H,10-12H2,1-4H3,(H,21,23). The number of ether oxygens (including phenoxy) is 2. The Morgan fingerprint density at radius 1 is 1.27 bits per heavy atom. The molecule has 0 aliphatic carbocycles. The molecule has 1 aromatic rings. The van der Waals surface area contributed by atoms with Crippen LogP contribution in [0.1, 0.15) is 39.7 Å². The van der Waals surface area contributed by atoms with Crippen LogP contribution in [0.15, 0.2) is 30.3 Å². The molecule has 0 saturated carbocycles. The Kier molecular flexibility index (Phi) is 5.05. The lowest BCUT2D eigenvalue weighted by atomic mass is 9.90. The number of amides is 2. The molecule has 2 unspecified atom stereocenters. The first-order chi connectivity index (χ1) is 12.2. The Balaban J connectivity index is 1.84. The van der Waals surface area contributed by atoms with Crippen LogP contribution in [-0.4, -0.2) is 47.8 Å². The van der Waals surface area contributed by atoms with Gasteiger partial charge in [0.15, 0.2) is 0 Å². The minimum atomic E-state index is -0.525. The number of anilines is 1. The fourth-order valence-corrected chi connectivity index (χ4v) is 3.41. The van der Waals surface area contributed by atoms with E-state index < -0.39 is 5.60 Å². The first kappa shape index (κ1) is 18.5. The highest BCUT2D eigenvalue weighted by atomic mass is 16.6. The number of rotatable bonds is 2. The van der Waals surface area contributed by atoms with Gasteiger partial charge in [0.1, 0.15) is 5.60 Å². The van der Waals surface area contributed by atoms with Crippen molar-refractivity contribution in [3.8, 4) is 0 Å². The van der Waals surface area contributed by atoms with E-state index in [9.17, 15) is 9.59 Å². The fourth-order valence-electron chi connectivity index (χ4n) is 3.41. The molecule has 140 valence electrons. The van der Waals surface area contributed by atoms with Crippen molar-refractivity contribution in [1.29, 1.82) is 0 Å². The second-order valence-electron chi connectivity index (χ2n) is 7.80. The number of carbonyl (C=O) groups is 2. The van der Waals surface area contributed by atoms with E-state index >= 15 is 0 Å². The quantitative estimate of drug-likeness (QED) is 0.879. The van der Waals surface area contributed by atoms with Gasteiger partial charge < -0.3 is 14.8 Å². The van der Waals surface area contributed by atoms with E-state index in [1.807, 2.05) is 45.0 Å². The van der Waals surface area contributed by atoms with Crippen molar-refractivity contribution >= 4 is 23.3 Å². The van der Waals surface area contributed by atoms with Gasteiger partial charge in [0.05, 0.1) is 25.3 Å². The maximum atomic E-state index is 12.6. The molecular formula is C20H26N2O4. The molecule has 6 nitrogen and oxygen atoms in total. The third kappa shape index (κ3) is 4.25. The molecule has 0 spiro atoms. The second-order valence-corrected chi connectivity index (χ2v) is 7.80. The number of hydrogen-bond acceptors (Lipinski definition) is 4. The average molecular weight is 358 g/mol. The highest BCUT2D eigenvalue weighted by Gasteiger charge is 2.40. The first-order valence-electron chi connectivity index (χ1n) is 8.91. The van der Waals surface area contributed by atoms with Gasteiger partial charge in [-0.2, -0.15) is 0 Å². The molecule has 1 fully saturated rings. The first-order valence-corrected chi connectivity index (χ1v) is 8.91. The predicted molar refractivity (Wildman–Crippen MR) is 99.8 cm³/mol. The summed E-state index contributed by atoms with van der Waals surface area (Å²) >= 11 is 0. The molecule has 3 rings (SSSR count). The maximum absolute atomic E-state index is 12.6. The van der Waals surface area contributed by atoms with Crippen molar-refractivity contribution in [3.63, 3.8) is 0 Å². The van der Waals surface area contributed by atoms with Crippen molar-refractivity contribution in [3.05, 3.63) is 35.9 Å². The van der Waals surface area contributed by atoms with E-state index in [4.69, 9.17) is 9.47 Å². The van der Waals surface area contributed by atoms with Gasteiger partial charge in [-0.1, -0.05) is 18.2 Å². The molecule has 6 heteroatoms. The average Bonchev–Trinajstić information content (AvgIpc) is 2.51. The van der Waals surface area contributed by atoms with Crippen LogP contribution >= 0.6 is 0 Å². The molecule has 1 aromatic carbocycles. The Morgan fingerprint density at radius 2 is 2.04 bits per heavy atom. The second kappa shape index (κ2) is 7.11. The Bertz CT molecular complexity index is 736. The molecule has 0 aromatic heterocycles. The van der Waals surface area contributed by atoms with E-state index in [0.717, 1.165) is 16.8 Å². The zero-order valence-electron chi connectivity index (χ0n) is 15.7. The summed E-state index contributed by atoms with van der Waals surface area (Å²) in [6, 6.07) is 7.59. The summed E-state index contributed by atoms with van der Waals surface area (Å²) in [6.07, 6.45) is 2.48. The Hall–Kier alpha value is -2.34. The minimum Gasteiger partial charge on any atom is -0.444 e. The molecule has 2 aliphatic rings. The molecule has 1 saturated heterocycles. The smallest absolute Gasteiger partial charge is 0.411 e. The van der Waals surface area contributed by atoms with Gasteiger partial charge in [-0.25, -0.2) is 4.79 Å². The van der Waals surface area contributed by atoms with Crippen LogP contribution in [0.3, 0.4) is 0 Å². The van der Waals surface area contributed by atoms with E-state index in [1.165, 1.54) is 6.92 Å². The molecular weight excluding hydrogens is 332 g/mol. The van der Waals surface area contributed by atoms with E-state index in [1.54, 1.807) is 4.90 Å². The van der Waals surface area contributed by atoms with Crippen LogP contribution in [0.5, 0.6) is 0 Å². The predicted octanol–water partition coefficient (Wildman–Crippen LogP) is 3.44. The van der Waals surface area contributed by atoms with Gasteiger partial charge in [0.2, 0.25) is 5.91 Å². The fraction of sp³-hybridized carbons (Fsp3) is 0.500. The lowest BCUT2D eigenvalue weighted by molar-refractivity contribution is -0.114. The molecule has 2 bridgehead atoms. The van der Waals surface area contributed by atoms with Crippen LogP contribution in [-0.2, 0) is 14.3 Å². The molecule has 2 heterocycles. The number of nitrogens with one attached hydrogen (secondary N) is 1. The lowest BCUT2D eigenvalue weighted by Gasteiger charge is -2.44. The van der Waals surface area contributed by atoms with Gasteiger partial charge in [0, 0.05) is 12.6 Å².